The molecule has 0 bridgehead atoms. The first-order valence-corrected chi connectivity index (χ1v) is 31.9. The smallest absolute Gasteiger partial charge is 0.220 e. The second-order valence-corrected chi connectivity index (χ2v) is 21.8. The standard InChI is InChI=1S/C69H113NO13/c1-3-5-7-9-11-13-15-16-17-18-19-20-21-22-23-24-25-26-27-28-29-30-31-32-33-34-35-36-37-38-39-40-41-42-43-45-47-49-51-53-61(74)70-57(58(73)52-50-48-46-44-14-12-10-8-6-4-2)56-80-68-66(79)64(77)67(60(55-72)82-68)83-69-65(78)63(76)62(75)59(54-71)81-69/h5,7,11,13,16-17,19-20,22-23,25-26,28-29,31-32,34-35,37-38,50,52,57-60,62-69,71-73,75-79H,3-4,6,8-10,12,14-15,18,21,24,27,30,33,36,39-49,51,53-56H2,1-2H3,(H,70,74)/b7-5-,13-11-,17-16-,20-19-,23-22-,26-25-,29-28-,32-31-,35-34-,38-37-,52-50+. The average Bonchev–Trinajstić information content (AvgIpc) is 3.47. The number of amides is 1. The van der Waals surface area contributed by atoms with Crippen LogP contribution in [0.25, 0.3) is 0 Å². The summed E-state index contributed by atoms with van der Waals surface area (Å²) in [7, 11) is 0. The maximum absolute atomic E-state index is 13.2. The number of carbonyl (C=O) groups is 1. The van der Waals surface area contributed by atoms with Gasteiger partial charge in [0.05, 0.1) is 32.0 Å². The maximum atomic E-state index is 13.2. The molecule has 472 valence electrons. The zero-order valence-corrected chi connectivity index (χ0v) is 50.9. The van der Waals surface area contributed by atoms with E-state index in [1.54, 1.807) is 6.08 Å². The molecule has 2 aliphatic rings. The molecule has 0 aliphatic carbocycles. The number of rotatable bonds is 49. The number of aliphatic hydroxyl groups excluding tert-OH is 8. The fourth-order valence-corrected chi connectivity index (χ4v) is 9.49. The summed E-state index contributed by atoms with van der Waals surface area (Å²) in [5.41, 5.74) is 0. The van der Waals surface area contributed by atoms with Crippen molar-refractivity contribution in [3.05, 3.63) is 134 Å². The van der Waals surface area contributed by atoms with Crippen molar-refractivity contribution in [1.29, 1.82) is 0 Å². The highest BCUT2D eigenvalue weighted by molar-refractivity contribution is 5.76. The average molecular weight is 1160 g/mol. The largest absolute Gasteiger partial charge is 0.394 e. The van der Waals surface area contributed by atoms with E-state index in [9.17, 15) is 45.6 Å². The molecule has 2 aliphatic heterocycles. The molecule has 0 aromatic heterocycles. The molecule has 9 N–H and O–H groups in total. The number of aliphatic hydroxyl groups is 8. The van der Waals surface area contributed by atoms with Gasteiger partial charge in [-0.1, -0.05) is 231 Å². The van der Waals surface area contributed by atoms with Crippen LogP contribution >= 0.6 is 0 Å². The van der Waals surface area contributed by atoms with Crippen LogP contribution in [0.5, 0.6) is 0 Å². The van der Waals surface area contributed by atoms with E-state index < -0.39 is 86.8 Å². The van der Waals surface area contributed by atoms with Crippen molar-refractivity contribution in [3.8, 4) is 0 Å². The van der Waals surface area contributed by atoms with Gasteiger partial charge in [0.15, 0.2) is 12.6 Å². The normalized spacial score (nSPS) is 24.7. The Bertz CT molecular complexity index is 1900. The van der Waals surface area contributed by atoms with Crippen molar-refractivity contribution in [2.75, 3.05) is 19.8 Å². The lowest BCUT2D eigenvalue weighted by Crippen LogP contribution is -2.65. The molecule has 2 rings (SSSR count). The minimum Gasteiger partial charge on any atom is -0.394 e. The number of nitrogens with one attached hydrogen (secondary N) is 1. The Kier molecular flexibility index (Phi) is 47.5. The molecule has 14 heteroatoms. The molecule has 0 saturated carbocycles. The summed E-state index contributed by atoms with van der Waals surface area (Å²) in [5.74, 6) is -0.256. The molecule has 2 saturated heterocycles. The van der Waals surface area contributed by atoms with Gasteiger partial charge in [-0.05, 0) is 96.3 Å². The lowest BCUT2D eigenvalue weighted by atomic mass is 9.97. The highest BCUT2D eigenvalue weighted by Gasteiger charge is 2.51. The molecule has 12 unspecified atom stereocenters. The third kappa shape index (κ3) is 37.3. The van der Waals surface area contributed by atoms with Crippen LogP contribution in [0.3, 0.4) is 0 Å². The highest BCUT2D eigenvalue weighted by Crippen LogP contribution is 2.30. The van der Waals surface area contributed by atoms with Gasteiger partial charge < -0.3 is 65.1 Å². The Hall–Kier alpha value is -3.87. The van der Waals surface area contributed by atoms with Crippen LogP contribution in [0.4, 0.5) is 0 Å². The third-order valence-corrected chi connectivity index (χ3v) is 14.6. The number of carbonyl (C=O) groups excluding carboxylic acids is 1. The van der Waals surface area contributed by atoms with Gasteiger partial charge in [-0.15, -0.1) is 0 Å². The van der Waals surface area contributed by atoms with E-state index in [1.165, 1.54) is 51.4 Å². The van der Waals surface area contributed by atoms with Gasteiger partial charge >= 0.3 is 0 Å². The van der Waals surface area contributed by atoms with Crippen molar-refractivity contribution in [3.63, 3.8) is 0 Å². The molecular weight excluding hydrogens is 1050 g/mol. The summed E-state index contributed by atoms with van der Waals surface area (Å²) in [5, 5.41) is 86.9. The van der Waals surface area contributed by atoms with E-state index in [4.69, 9.17) is 18.9 Å². The number of allylic oxidation sites excluding steroid dienone is 21. The third-order valence-electron chi connectivity index (χ3n) is 14.6. The van der Waals surface area contributed by atoms with Crippen LogP contribution < -0.4 is 5.32 Å². The Balaban J connectivity index is 1.61. The van der Waals surface area contributed by atoms with Crippen LogP contribution in [0.1, 0.15) is 200 Å². The first kappa shape index (κ1) is 75.2. The zero-order valence-electron chi connectivity index (χ0n) is 50.9. The summed E-state index contributed by atoms with van der Waals surface area (Å²) in [6, 6.07) is -0.927. The van der Waals surface area contributed by atoms with E-state index in [0.717, 1.165) is 122 Å². The van der Waals surface area contributed by atoms with Gasteiger partial charge in [0.1, 0.15) is 48.8 Å². The quantitative estimate of drug-likeness (QED) is 0.0204. The molecule has 0 aromatic carbocycles. The maximum Gasteiger partial charge on any atom is 0.220 e. The minimum atomic E-state index is -1.79. The summed E-state index contributed by atoms with van der Waals surface area (Å²) >= 11 is 0. The molecule has 0 spiro atoms. The zero-order chi connectivity index (χ0) is 60.2. The summed E-state index contributed by atoms with van der Waals surface area (Å²) in [6.45, 7) is 2.62. The fourth-order valence-electron chi connectivity index (χ4n) is 9.49. The summed E-state index contributed by atoms with van der Waals surface area (Å²) < 4.78 is 22.7. The Morgan fingerprint density at radius 2 is 0.831 bits per heavy atom. The molecule has 1 amide bonds. The van der Waals surface area contributed by atoms with E-state index in [0.29, 0.717) is 6.42 Å². The van der Waals surface area contributed by atoms with Crippen LogP contribution in [-0.2, 0) is 23.7 Å². The van der Waals surface area contributed by atoms with Crippen LogP contribution in [0, 0.1) is 0 Å². The van der Waals surface area contributed by atoms with Crippen LogP contribution in [-0.4, -0.2) is 140 Å². The molecule has 2 heterocycles. The molecule has 12 atom stereocenters. The van der Waals surface area contributed by atoms with Gasteiger partial charge in [0, 0.05) is 6.42 Å². The van der Waals surface area contributed by atoms with Crippen molar-refractivity contribution in [1.82, 2.24) is 5.32 Å². The lowest BCUT2D eigenvalue weighted by molar-refractivity contribution is -0.359. The predicted octanol–water partition coefficient (Wildman–Crippen LogP) is 11.9. The van der Waals surface area contributed by atoms with E-state index in [1.807, 2.05) is 6.08 Å². The first-order chi connectivity index (χ1) is 40.6. The number of hydrogen-bond acceptors (Lipinski definition) is 13. The second kappa shape index (κ2) is 52.5. The van der Waals surface area contributed by atoms with E-state index in [-0.39, 0.29) is 18.9 Å². The number of ether oxygens (including phenoxy) is 4. The van der Waals surface area contributed by atoms with E-state index >= 15 is 0 Å². The van der Waals surface area contributed by atoms with E-state index in [2.05, 4.69) is 141 Å². The summed E-state index contributed by atoms with van der Waals surface area (Å²) in [4.78, 5) is 13.2. The molecule has 2 fully saturated rings. The predicted molar refractivity (Wildman–Crippen MR) is 336 cm³/mol. The molecule has 14 nitrogen and oxygen atoms in total. The molecule has 0 aromatic rings. The van der Waals surface area contributed by atoms with Gasteiger partial charge in [0.25, 0.3) is 0 Å². The number of hydrogen-bond donors (Lipinski definition) is 9. The van der Waals surface area contributed by atoms with Crippen molar-refractivity contribution < 1.29 is 64.6 Å². The topological polar surface area (TPSA) is 228 Å². The molecule has 0 radical (unpaired) electrons. The minimum absolute atomic E-state index is 0.256. The highest BCUT2D eigenvalue weighted by atomic mass is 16.7. The second-order valence-electron chi connectivity index (χ2n) is 21.8. The van der Waals surface area contributed by atoms with Crippen molar-refractivity contribution in [2.45, 2.75) is 274 Å². The van der Waals surface area contributed by atoms with Gasteiger partial charge in [-0.3, -0.25) is 4.79 Å². The van der Waals surface area contributed by atoms with Gasteiger partial charge in [-0.2, -0.15) is 0 Å². The van der Waals surface area contributed by atoms with Gasteiger partial charge in [0.2, 0.25) is 5.91 Å². The molecule has 83 heavy (non-hydrogen) atoms. The molecular formula is C69H113NO13. The SMILES string of the molecule is CC/C=C\C/C=C\C/C=C\C/C=C\C/C=C\C/C=C\C/C=C\C/C=C\C/C=C\C/C=C\CCCCCCCCCCC(=O)NC(COC1OC(CO)C(OC2OC(CO)C(O)C(O)C2O)C(O)C1O)C(O)/C=C/CCCCCCCCCC. The van der Waals surface area contributed by atoms with Gasteiger partial charge in [-0.25, -0.2) is 0 Å². The Labute approximate surface area is 500 Å². The first-order valence-electron chi connectivity index (χ1n) is 31.9. The fraction of sp³-hybridized carbons (Fsp3) is 0.667. The summed E-state index contributed by atoms with van der Waals surface area (Å²) in [6.07, 6.45) is 60.9. The number of unbranched alkanes of at least 4 members (excludes halogenated alkanes) is 16. The van der Waals surface area contributed by atoms with Crippen molar-refractivity contribution >= 4 is 5.91 Å². The Morgan fingerprint density at radius 1 is 0.446 bits per heavy atom. The Morgan fingerprint density at radius 3 is 1.28 bits per heavy atom. The van der Waals surface area contributed by atoms with Crippen molar-refractivity contribution in [2.24, 2.45) is 0 Å². The van der Waals surface area contributed by atoms with Crippen LogP contribution in [0.2, 0.25) is 0 Å². The van der Waals surface area contributed by atoms with Crippen LogP contribution in [0.15, 0.2) is 134 Å². The lowest BCUT2D eigenvalue weighted by Gasteiger charge is -2.46. The monoisotopic (exact) mass is 1160 g/mol.